The van der Waals surface area contributed by atoms with E-state index in [0.717, 1.165) is 0 Å². The lowest BCUT2D eigenvalue weighted by atomic mass is 10.1. The van der Waals surface area contributed by atoms with Gasteiger partial charge in [0.1, 0.15) is 5.82 Å². The number of rotatable bonds is 3. The zero-order valence-electron chi connectivity index (χ0n) is 7.72. The second-order valence-corrected chi connectivity index (χ2v) is 3.63. The molecular formula is C10H10BrFO2. The van der Waals surface area contributed by atoms with E-state index in [2.05, 4.69) is 20.7 Å². The van der Waals surface area contributed by atoms with Gasteiger partial charge in [-0.1, -0.05) is 22.0 Å². The molecule has 1 rings (SSSR count). The van der Waals surface area contributed by atoms with E-state index in [1.807, 2.05) is 0 Å². The van der Waals surface area contributed by atoms with E-state index in [4.69, 9.17) is 0 Å². The molecule has 0 saturated carbocycles. The Kier molecular flexibility index (Phi) is 4.07. The summed E-state index contributed by atoms with van der Waals surface area (Å²) < 4.78 is 18.4. The topological polar surface area (TPSA) is 26.3 Å². The van der Waals surface area contributed by atoms with E-state index >= 15 is 0 Å². The Morgan fingerprint density at radius 2 is 2.29 bits per heavy atom. The van der Waals surface area contributed by atoms with E-state index in [-0.39, 0.29) is 18.2 Å². The molecule has 0 aliphatic heterocycles. The first-order chi connectivity index (χ1) is 6.65. The van der Waals surface area contributed by atoms with Gasteiger partial charge in [-0.25, -0.2) is 4.39 Å². The number of methoxy groups -OCH3 is 1. The molecule has 0 aliphatic rings. The molecule has 0 saturated heterocycles. The Hall–Kier alpha value is -0.900. The van der Waals surface area contributed by atoms with Crippen LogP contribution in [0.4, 0.5) is 4.39 Å². The highest BCUT2D eigenvalue weighted by Gasteiger charge is 2.08. The SMILES string of the molecule is COC(=O)CCc1c(F)cccc1Br. The standard InChI is InChI=1S/C10H10BrFO2/c1-14-10(13)6-5-7-8(11)3-2-4-9(7)12/h2-4H,5-6H2,1H3. The van der Waals surface area contributed by atoms with Crippen LogP contribution in [0.15, 0.2) is 22.7 Å². The first kappa shape index (κ1) is 11.2. The summed E-state index contributed by atoms with van der Waals surface area (Å²) in [6.07, 6.45) is 0.538. The average Bonchev–Trinajstić information content (AvgIpc) is 2.16. The molecule has 2 nitrogen and oxygen atoms in total. The highest BCUT2D eigenvalue weighted by atomic mass is 79.9. The molecule has 0 fully saturated rings. The van der Waals surface area contributed by atoms with Crippen LogP contribution in [0.2, 0.25) is 0 Å². The normalized spacial score (nSPS) is 9.93. The van der Waals surface area contributed by atoms with Gasteiger partial charge in [-0.2, -0.15) is 0 Å². The molecule has 0 bridgehead atoms. The molecule has 0 spiro atoms. The van der Waals surface area contributed by atoms with Gasteiger partial charge < -0.3 is 4.74 Å². The predicted molar refractivity (Wildman–Crippen MR) is 54.4 cm³/mol. The van der Waals surface area contributed by atoms with Crippen molar-refractivity contribution in [3.8, 4) is 0 Å². The van der Waals surface area contributed by atoms with Gasteiger partial charge in [0, 0.05) is 16.5 Å². The highest BCUT2D eigenvalue weighted by molar-refractivity contribution is 9.10. The van der Waals surface area contributed by atoms with Crippen molar-refractivity contribution in [3.05, 3.63) is 34.1 Å². The van der Waals surface area contributed by atoms with Crippen LogP contribution in [0, 0.1) is 5.82 Å². The number of halogens is 2. The van der Waals surface area contributed by atoms with Gasteiger partial charge in [0.05, 0.1) is 7.11 Å². The molecule has 0 aromatic heterocycles. The molecule has 0 atom stereocenters. The lowest BCUT2D eigenvalue weighted by Crippen LogP contribution is -2.03. The van der Waals surface area contributed by atoms with Crippen LogP contribution in [0.3, 0.4) is 0 Å². The summed E-state index contributed by atoms with van der Waals surface area (Å²) in [4.78, 5) is 10.8. The monoisotopic (exact) mass is 260 g/mol. The number of hydrogen-bond donors (Lipinski definition) is 0. The average molecular weight is 261 g/mol. The zero-order valence-corrected chi connectivity index (χ0v) is 9.30. The van der Waals surface area contributed by atoms with Gasteiger partial charge >= 0.3 is 5.97 Å². The predicted octanol–water partition coefficient (Wildman–Crippen LogP) is 2.69. The second kappa shape index (κ2) is 5.10. The lowest BCUT2D eigenvalue weighted by molar-refractivity contribution is -0.140. The minimum Gasteiger partial charge on any atom is -0.469 e. The molecule has 0 amide bonds. The number of carbonyl (C=O) groups excluding carboxylic acids is 1. The number of benzene rings is 1. The van der Waals surface area contributed by atoms with Crippen LogP contribution in [0.25, 0.3) is 0 Å². The molecule has 1 aromatic rings. The summed E-state index contributed by atoms with van der Waals surface area (Å²) in [5.74, 6) is -0.636. The third-order valence-electron chi connectivity index (χ3n) is 1.87. The summed E-state index contributed by atoms with van der Waals surface area (Å²) in [5.41, 5.74) is 0.512. The Labute approximate surface area is 90.2 Å². The fourth-order valence-corrected chi connectivity index (χ4v) is 1.64. The largest absolute Gasteiger partial charge is 0.469 e. The van der Waals surface area contributed by atoms with Crippen LogP contribution >= 0.6 is 15.9 Å². The lowest BCUT2D eigenvalue weighted by Gasteiger charge is -2.04. The molecule has 0 aliphatic carbocycles. The van der Waals surface area contributed by atoms with Crippen LogP contribution in [0.5, 0.6) is 0 Å². The molecule has 0 heterocycles. The summed E-state index contributed by atoms with van der Waals surface area (Å²) >= 11 is 3.23. The van der Waals surface area contributed by atoms with Crippen molar-refractivity contribution < 1.29 is 13.9 Å². The maximum atomic E-state index is 13.2. The summed E-state index contributed by atoms with van der Waals surface area (Å²) in [5, 5.41) is 0. The zero-order chi connectivity index (χ0) is 10.6. The van der Waals surface area contributed by atoms with Crippen LogP contribution in [0.1, 0.15) is 12.0 Å². The van der Waals surface area contributed by atoms with Gasteiger partial charge in [-0.3, -0.25) is 4.79 Å². The van der Waals surface area contributed by atoms with Gasteiger partial charge in [0.15, 0.2) is 0 Å². The van der Waals surface area contributed by atoms with E-state index in [1.165, 1.54) is 13.2 Å². The first-order valence-electron chi connectivity index (χ1n) is 4.15. The first-order valence-corrected chi connectivity index (χ1v) is 4.94. The van der Waals surface area contributed by atoms with Crippen molar-refractivity contribution in [2.24, 2.45) is 0 Å². The van der Waals surface area contributed by atoms with Crippen molar-refractivity contribution in [2.45, 2.75) is 12.8 Å². The van der Waals surface area contributed by atoms with Crippen molar-refractivity contribution >= 4 is 21.9 Å². The smallest absolute Gasteiger partial charge is 0.305 e. The summed E-state index contributed by atoms with van der Waals surface area (Å²) in [6.45, 7) is 0. The van der Waals surface area contributed by atoms with E-state index in [9.17, 15) is 9.18 Å². The van der Waals surface area contributed by atoms with Gasteiger partial charge in [0.2, 0.25) is 0 Å². The molecule has 1 aromatic carbocycles. The minimum absolute atomic E-state index is 0.191. The third-order valence-corrected chi connectivity index (χ3v) is 2.61. The molecule has 4 heteroatoms. The minimum atomic E-state index is -0.333. The number of carbonyl (C=O) groups is 1. The van der Waals surface area contributed by atoms with Crippen LogP contribution in [-0.4, -0.2) is 13.1 Å². The third kappa shape index (κ3) is 2.80. The molecule has 76 valence electrons. The molecule has 0 unspecified atom stereocenters. The Morgan fingerprint density at radius 1 is 1.57 bits per heavy atom. The summed E-state index contributed by atoms with van der Waals surface area (Å²) in [6, 6.07) is 4.73. The second-order valence-electron chi connectivity index (χ2n) is 2.78. The van der Waals surface area contributed by atoms with E-state index < -0.39 is 0 Å². The Morgan fingerprint density at radius 3 is 2.86 bits per heavy atom. The molecule has 14 heavy (non-hydrogen) atoms. The maximum Gasteiger partial charge on any atom is 0.305 e. The number of esters is 1. The number of ether oxygens (including phenoxy) is 1. The fraction of sp³-hybridized carbons (Fsp3) is 0.300. The maximum absolute atomic E-state index is 13.2. The highest BCUT2D eigenvalue weighted by Crippen LogP contribution is 2.20. The van der Waals surface area contributed by atoms with Crippen molar-refractivity contribution in [3.63, 3.8) is 0 Å². The van der Waals surface area contributed by atoms with Gasteiger partial charge in [0.25, 0.3) is 0 Å². The molecular weight excluding hydrogens is 251 g/mol. The molecule has 0 N–H and O–H groups in total. The summed E-state index contributed by atoms with van der Waals surface area (Å²) in [7, 11) is 1.32. The Bertz CT molecular complexity index is 319. The van der Waals surface area contributed by atoms with Crippen LogP contribution in [-0.2, 0) is 16.0 Å². The van der Waals surface area contributed by atoms with Crippen molar-refractivity contribution in [2.75, 3.05) is 7.11 Å². The number of hydrogen-bond acceptors (Lipinski definition) is 2. The van der Waals surface area contributed by atoms with Crippen molar-refractivity contribution in [1.29, 1.82) is 0 Å². The fourth-order valence-electron chi connectivity index (χ4n) is 1.10. The van der Waals surface area contributed by atoms with Crippen LogP contribution < -0.4 is 0 Å². The van der Waals surface area contributed by atoms with E-state index in [0.29, 0.717) is 16.5 Å². The quantitative estimate of drug-likeness (QED) is 0.782. The Balaban J connectivity index is 2.71. The van der Waals surface area contributed by atoms with E-state index in [1.54, 1.807) is 12.1 Å². The van der Waals surface area contributed by atoms with Gasteiger partial charge in [-0.05, 0) is 18.6 Å². The molecule has 0 radical (unpaired) electrons. The van der Waals surface area contributed by atoms with Gasteiger partial charge in [-0.15, -0.1) is 0 Å². The van der Waals surface area contributed by atoms with Crippen molar-refractivity contribution in [1.82, 2.24) is 0 Å².